The Morgan fingerprint density at radius 3 is 2.46 bits per heavy atom. The third-order valence-electron chi connectivity index (χ3n) is 3.52. The van der Waals surface area contributed by atoms with Crippen LogP contribution in [-0.2, 0) is 10.0 Å². The molecule has 0 aliphatic rings. The zero-order valence-electron chi connectivity index (χ0n) is 13.7. The first kappa shape index (κ1) is 20.5. The van der Waals surface area contributed by atoms with E-state index in [-0.39, 0.29) is 26.3 Å². The molecule has 2 aromatic carbocycles. The number of carbonyl (C=O) groups excluding carboxylic acids is 1. The van der Waals surface area contributed by atoms with Crippen LogP contribution in [-0.4, -0.2) is 14.3 Å². The van der Waals surface area contributed by atoms with Crippen molar-refractivity contribution in [2.75, 3.05) is 10.0 Å². The second kappa shape index (κ2) is 8.04. The zero-order valence-corrected chi connectivity index (χ0v) is 16.8. The van der Waals surface area contributed by atoms with Gasteiger partial charge in [-0.1, -0.05) is 29.3 Å². The van der Waals surface area contributed by atoms with Gasteiger partial charge in [0.05, 0.1) is 26.3 Å². The Bertz CT molecular complexity index is 1170. The lowest BCUT2D eigenvalue weighted by Crippen LogP contribution is -2.17. The molecule has 0 unspecified atom stereocenters. The molecule has 0 bridgehead atoms. The number of amides is 1. The number of benzene rings is 2. The summed E-state index contributed by atoms with van der Waals surface area (Å²) in [6.45, 7) is 0. The van der Waals surface area contributed by atoms with Crippen LogP contribution in [0.1, 0.15) is 9.67 Å². The van der Waals surface area contributed by atoms with Crippen LogP contribution in [0.2, 0.25) is 10.0 Å². The van der Waals surface area contributed by atoms with Crippen LogP contribution in [0.25, 0.3) is 0 Å². The van der Waals surface area contributed by atoms with Crippen molar-refractivity contribution in [1.82, 2.24) is 0 Å². The van der Waals surface area contributed by atoms with Crippen molar-refractivity contribution in [2.45, 2.75) is 4.90 Å². The number of carbonyl (C=O) groups is 1. The number of nitrogens with one attached hydrogen (secondary N) is 2. The van der Waals surface area contributed by atoms with Crippen LogP contribution < -0.4 is 10.0 Å². The van der Waals surface area contributed by atoms with E-state index in [1.54, 1.807) is 12.1 Å². The SMILES string of the molecule is O=C(Nc1cccc(Cl)c1Cl)c1sccc1NS(=O)(=O)c1ccc(F)c(F)c1. The standard InChI is InChI=1S/C17H10Cl2F2N2O3S2/c18-10-2-1-3-13(15(10)19)22-17(24)16-14(6-7-27-16)23-28(25,26)9-4-5-11(20)12(21)8-9/h1-8,23H,(H,22,24). The normalized spacial score (nSPS) is 11.3. The van der Waals surface area contributed by atoms with E-state index < -0.39 is 32.5 Å². The summed E-state index contributed by atoms with van der Waals surface area (Å²) in [5.74, 6) is -3.10. The fourth-order valence-corrected chi connectivity index (χ4v) is 4.43. The predicted octanol–water partition coefficient (Wildman–Crippen LogP) is 5.39. The quantitative estimate of drug-likeness (QED) is 0.533. The van der Waals surface area contributed by atoms with Gasteiger partial charge in [0.15, 0.2) is 11.6 Å². The number of hydrogen-bond donors (Lipinski definition) is 2. The third kappa shape index (κ3) is 4.27. The van der Waals surface area contributed by atoms with Crippen molar-refractivity contribution < 1.29 is 22.0 Å². The van der Waals surface area contributed by atoms with Gasteiger partial charge in [0, 0.05) is 0 Å². The van der Waals surface area contributed by atoms with E-state index in [1.807, 2.05) is 0 Å². The van der Waals surface area contributed by atoms with E-state index in [1.165, 1.54) is 17.5 Å². The van der Waals surface area contributed by atoms with Gasteiger partial charge in [-0.25, -0.2) is 17.2 Å². The van der Waals surface area contributed by atoms with Crippen LogP contribution >= 0.6 is 34.5 Å². The Kier molecular flexibility index (Phi) is 5.90. The van der Waals surface area contributed by atoms with Crippen LogP contribution in [0, 0.1) is 11.6 Å². The summed E-state index contributed by atoms with van der Waals surface area (Å²) >= 11 is 12.9. The zero-order chi connectivity index (χ0) is 20.5. The smallest absolute Gasteiger partial charge is 0.267 e. The van der Waals surface area contributed by atoms with Crippen LogP contribution in [0.15, 0.2) is 52.7 Å². The molecule has 0 radical (unpaired) electrons. The first-order valence-corrected chi connectivity index (χ1v) is 10.6. The van der Waals surface area contributed by atoms with Gasteiger partial charge in [-0.15, -0.1) is 11.3 Å². The van der Waals surface area contributed by atoms with E-state index in [0.717, 1.165) is 17.4 Å². The number of rotatable bonds is 5. The maximum absolute atomic E-state index is 13.4. The Morgan fingerprint density at radius 2 is 1.75 bits per heavy atom. The van der Waals surface area contributed by atoms with Crippen molar-refractivity contribution in [1.29, 1.82) is 0 Å². The molecule has 0 aliphatic carbocycles. The topological polar surface area (TPSA) is 75.3 Å². The fraction of sp³-hybridized carbons (Fsp3) is 0. The Morgan fingerprint density at radius 1 is 1.00 bits per heavy atom. The highest BCUT2D eigenvalue weighted by Crippen LogP contribution is 2.32. The highest BCUT2D eigenvalue weighted by atomic mass is 35.5. The van der Waals surface area contributed by atoms with Gasteiger partial charge >= 0.3 is 0 Å². The molecule has 0 spiro atoms. The van der Waals surface area contributed by atoms with Gasteiger partial charge in [0.1, 0.15) is 4.88 Å². The molecule has 2 N–H and O–H groups in total. The summed E-state index contributed by atoms with van der Waals surface area (Å²) < 4.78 is 53.5. The molecule has 1 heterocycles. The first-order chi connectivity index (χ1) is 13.2. The van der Waals surface area contributed by atoms with E-state index in [9.17, 15) is 22.0 Å². The average Bonchev–Trinajstić information content (AvgIpc) is 3.08. The summed E-state index contributed by atoms with van der Waals surface area (Å²) in [4.78, 5) is 12.1. The molecule has 3 rings (SSSR count). The summed E-state index contributed by atoms with van der Waals surface area (Å²) in [6.07, 6.45) is 0. The number of thiophene rings is 1. The number of sulfonamides is 1. The Balaban J connectivity index is 1.86. The molecular formula is C17H10Cl2F2N2O3S2. The largest absolute Gasteiger partial charge is 0.320 e. The molecule has 5 nitrogen and oxygen atoms in total. The third-order valence-corrected chi connectivity index (χ3v) is 6.61. The van der Waals surface area contributed by atoms with E-state index >= 15 is 0 Å². The summed E-state index contributed by atoms with van der Waals surface area (Å²) in [5.41, 5.74) is 0.229. The highest BCUT2D eigenvalue weighted by Gasteiger charge is 2.22. The molecule has 0 saturated carbocycles. The highest BCUT2D eigenvalue weighted by molar-refractivity contribution is 7.92. The van der Waals surface area contributed by atoms with Crippen molar-refractivity contribution >= 4 is 61.8 Å². The van der Waals surface area contributed by atoms with Gasteiger partial charge in [0.25, 0.3) is 15.9 Å². The van der Waals surface area contributed by atoms with Crippen molar-refractivity contribution in [3.8, 4) is 0 Å². The maximum atomic E-state index is 13.4. The summed E-state index contributed by atoms with van der Waals surface area (Å²) in [5, 5.41) is 4.42. The molecule has 28 heavy (non-hydrogen) atoms. The summed E-state index contributed by atoms with van der Waals surface area (Å²) in [7, 11) is -4.24. The Labute approximate surface area is 173 Å². The number of anilines is 2. The first-order valence-electron chi connectivity index (χ1n) is 7.50. The molecule has 1 aromatic heterocycles. The van der Waals surface area contributed by atoms with E-state index in [2.05, 4.69) is 10.0 Å². The minimum atomic E-state index is -4.24. The minimum Gasteiger partial charge on any atom is -0.320 e. The average molecular weight is 463 g/mol. The number of halogens is 4. The molecule has 0 fully saturated rings. The molecule has 0 atom stereocenters. The molecule has 1 amide bonds. The lowest BCUT2D eigenvalue weighted by atomic mass is 10.3. The van der Waals surface area contributed by atoms with Crippen LogP contribution in [0.5, 0.6) is 0 Å². The van der Waals surface area contributed by atoms with E-state index in [0.29, 0.717) is 12.1 Å². The van der Waals surface area contributed by atoms with Crippen LogP contribution in [0.4, 0.5) is 20.2 Å². The monoisotopic (exact) mass is 462 g/mol. The lowest BCUT2D eigenvalue weighted by molar-refractivity contribution is 0.103. The molecule has 3 aromatic rings. The molecular weight excluding hydrogens is 453 g/mol. The predicted molar refractivity (Wildman–Crippen MR) is 106 cm³/mol. The minimum absolute atomic E-state index is 0.0228. The fourth-order valence-electron chi connectivity index (χ4n) is 2.19. The van der Waals surface area contributed by atoms with Gasteiger partial charge in [-0.2, -0.15) is 0 Å². The van der Waals surface area contributed by atoms with Gasteiger partial charge in [-0.3, -0.25) is 9.52 Å². The van der Waals surface area contributed by atoms with Crippen molar-refractivity contribution in [2.24, 2.45) is 0 Å². The van der Waals surface area contributed by atoms with Crippen LogP contribution in [0.3, 0.4) is 0 Å². The molecule has 0 saturated heterocycles. The molecule has 0 aliphatic heterocycles. The van der Waals surface area contributed by atoms with Gasteiger partial charge in [0.2, 0.25) is 0 Å². The van der Waals surface area contributed by atoms with E-state index in [4.69, 9.17) is 23.2 Å². The Hall–Kier alpha value is -2.20. The molecule has 146 valence electrons. The number of hydrogen-bond acceptors (Lipinski definition) is 4. The van der Waals surface area contributed by atoms with Crippen molar-refractivity contribution in [3.63, 3.8) is 0 Å². The summed E-state index contributed by atoms with van der Waals surface area (Å²) in [6, 6.07) is 8.21. The molecule has 11 heteroatoms. The van der Waals surface area contributed by atoms with Crippen molar-refractivity contribution in [3.05, 3.63) is 74.4 Å². The van der Waals surface area contributed by atoms with Gasteiger partial charge < -0.3 is 5.32 Å². The second-order valence-electron chi connectivity index (χ2n) is 5.40. The lowest BCUT2D eigenvalue weighted by Gasteiger charge is -2.11. The maximum Gasteiger partial charge on any atom is 0.267 e. The second-order valence-corrected chi connectivity index (χ2v) is 8.78. The van der Waals surface area contributed by atoms with Gasteiger partial charge in [-0.05, 0) is 41.8 Å².